The molecule has 0 bridgehead atoms. The van der Waals surface area contributed by atoms with Gasteiger partial charge in [-0.15, -0.1) is 0 Å². The summed E-state index contributed by atoms with van der Waals surface area (Å²) in [6.45, 7) is 1.57. The highest BCUT2D eigenvalue weighted by Crippen LogP contribution is 2.27. The molecule has 0 spiro atoms. The summed E-state index contributed by atoms with van der Waals surface area (Å²) in [4.78, 5) is 12.2. The number of hydrogen-bond acceptors (Lipinski definition) is 5. The molecule has 7 nitrogen and oxygen atoms in total. The molecule has 0 aliphatic rings. The Kier molecular flexibility index (Phi) is 7.04. The predicted octanol–water partition coefficient (Wildman–Crippen LogP) is 4.48. The molecule has 2 N–H and O–H groups in total. The van der Waals surface area contributed by atoms with Crippen molar-refractivity contribution < 1.29 is 22.7 Å². The van der Waals surface area contributed by atoms with E-state index in [0.29, 0.717) is 27.9 Å². The van der Waals surface area contributed by atoms with Crippen LogP contribution in [0.1, 0.15) is 5.56 Å². The third-order valence-corrected chi connectivity index (χ3v) is 6.01. The number of para-hydroxylation sites is 1. The zero-order valence-electron chi connectivity index (χ0n) is 16.9. The number of ether oxygens (including phenoxy) is 2. The highest BCUT2D eigenvalue weighted by molar-refractivity contribution is 7.92. The molecule has 3 aromatic rings. The Morgan fingerprint density at radius 3 is 2.39 bits per heavy atom. The van der Waals surface area contributed by atoms with E-state index in [1.165, 1.54) is 31.4 Å². The highest BCUT2D eigenvalue weighted by atomic mass is 35.5. The summed E-state index contributed by atoms with van der Waals surface area (Å²) in [6.07, 6.45) is 0. The molecule has 0 saturated heterocycles. The standard InChI is InChI=1S/C22H21ClN2O5S/c1-15-5-3-4-6-20(15)25-31(27,28)18-10-8-17(9-11-18)30-14-22(26)24-16-7-12-21(29-2)19(23)13-16/h3-13,25H,14H2,1-2H3,(H,24,26). The lowest BCUT2D eigenvalue weighted by Crippen LogP contribution is -2.20. The second kappa shape index (κ2) is 9.72. The number of amides is 1. The van der Waals surface area contributed by atoms with E-state index in [2.05, 4.69) is 10.0 Å². The maximum atomic E-state index is 12.6. The van der Waals surface area contributed by atoms with E-state index in [9.17, 15) is 13.2 Å². The fraction of sp³-hybridized carbons (Fsp3) is 0.136. The van der Waals surface area contributed by atoms with Crippen LogP contribution in [-0.2, 0) is 14.8 Å². The van der Waals surface area contributed by atoms with Crippen LogP contribution in [0.15, 0.2) is 71.6 Å². The summed E-state index contributed by atoms with van der Waals surface area (Å²) in [7, 11) is -2.24. The van der Waals surface area contributed by atoms with E-state index in [1.807, 2.05) is 19.1 Å². The zero-order chi connectivity index (χ0) is 22.4. The van der Waals surface area contributed by atoms with Crippen LogP contribution in [0.5, 0.6) is 11.5 Å². The Balaban J connectivity index is 1.58. The Morgan fingerprint density at radius 2 is 1.74 bits per heavy atom. The lowest BCUT2D eigenvalue weighted by molar-refractivity contribution is -0.118. The minimum atomic E-state index is -3.74. The summed E-state index contributed by atoms with van der Waals surface area (Å²) in [6, 6.07) is 17.8. The lowest BCUT2D eigenvalue weighted by atomic mass is 10.2. The number of methoxy groups -OCH3 is 1. The lowest BCUT2D eigenvalue weighted by Gasteiger charge is -2.11. The molecule has 0 fully saturated rings. The molecule has 1 amide bonds. The zero-order valence-corrected chi connectivity index (χ0v) is 18.5. The van der Waals surface area contributed by atoms with Gasteiger partial charge in [-0.2, -0.15) is 0 Å². The van der Waals surface area contributed by atoms with Gasteiger partial charge in [-0.25, -0.2) is 8.42 Å². The normalized spacial score (nSPS) is 10.9. The van der Waals surface area contributed by atoms with Crippen molar-refractivity contribution in [2.75, 3.05) is 23.8 Å². The molecule has 0 radical (unpaired) electrons. The minimum absolute atomic E-state index is 0.0837. The smallest absolute Gasteiger partial charge is 0.262 e. The Hall–Kier alpha value is -3.23. The molecule has 9 heteroatoms. The topological polar surface area (TPSA) is 93.7 Å². The van der Waals surface area contributed by atoms with Gasteiger partial charge in [-0.3, -0.25) is 9.52 Å². The number of benzene rings is 3. The molecule has 0 aliphatic heterocycles. The number of rotatable bonds is 8. The monoisotopic (exact) mass is 460 g/mol. The number of carbonyl (C=O) groups excluding carboxylic acids is 1. The number of sulfonamides is 1. The maximum Gasteiger partial charge on any atom is 0.262 e. The van der Waals surface area contributed by atoms with Crippen LogP contribution in [0.2, 0.25) is 5.02 Å². The first-order valence-electron chi connectivity index (χ1n) is 9.23. The van der Waals surface area contributed by atoms with Crippen molar-refractivity contribution in [1.29, 1.82) is 0 Å². The van der Waals surface area contributed by atoms with Gasteiger partial charge in [0.05, 0.1) is 22.7 Å². The van der Waals surface area contributed by atoms with E-state index in [-0.39, 0.29) is 17.4 Å². The molecule has 3 rings (SSSR count). The van der Waals surface area contributed by atoms with Crippen LogP contribution >= 0.6 is 11.6 Å². The molecule has 0 aliphatic carbocycles. The summed E-state index contributed by atoms with van der Waals surface area (Å²) < 4.78 is 38.2. The maximum absolute atomic E-state index is 12.6. The second-order valence-electron chi connectivity index (χ2n) is 6.58. The Labute approximate surface area is 186 Å². The number of aryl methyl sites for hydroxylation is 1. The van der Waals surface area contributed by atoms with E-state index in [1.54, 1.807) is 30.3 Å². The first kappa shape index (κ1) is 22.5. The van der Waals surface area contributed by atoms with E-state index in [0.717, 1.165) is 5.56 Å². The van der Waals surface area contributed by atoms with Crippen LogP contribution in [0.3, 0.4) is 0 Å². The number of carbonyl (C=O) groups is 1. The Morgan fingerprint density at radius 1 is 1.03 bits per heavy atom. The summed E-state index contributed by atoms with van der Waals surface area (Å²) >= 11 is 6.04. The van der Waals surface area contributed by atoms with E-state index < -0.39 is 10.0 Å². The third-order valence-electron chi connectivity index (χ3n) is 4.33. The fourth-order valence-electron chi connectivity index (χ4n) is 2.70. The molecule has 0 saturated carbocycles. The first-order chi connectivity index (χ1) is 14.8. The minimum Gasteiger partial charge on any atom is -0.495 e. The second-order valence-corrected chi connectivity index (χ2v) is 8.67. The number of nitrogens with one attached hydrogen (secondary N) is 2. The molecule has 0 aromatic heterocycles. The van der Waals surface area contributed by atoms with Gasteiger partial charge in [-0.1, -0.05) is 29.8 Å². The van der Waals surface area contributed by atoms with Crippen molar-refractivity contribution in [1.82, 2.24) is 0 Å². The van der Waals surface area contributed by atoms with Crippen molar-refractivity contribution in [2.45, 2.75) is 11.8 Å². The molecule has 3 aromatic carbocycles. The molecular weight excluding hydrogens is 440 g/mol. The molecule has 0 atom stereocenters. The van der Waals surface area contributed by atoms with Gasteiger partial charge in [-0.05, 0) is 61.0 Å². The van der Waals surface area contributed by atoms with Gasteiger partial charge in [0.1, 0.15) is 11.5 Å². The summed E-state index contributed by atoms with van der Waals surface area (Å²) in [5, 5.41) is 3.04. The molecular formula is C22H21ClN2O5S. The van der Waals surface area contributed by atoms with Crippen molar-refractivity contribution in [3.8, 4) is 11.5 Å². The first-order valence-corrected chi connectivity index (χ1v) is 11.1. The quantitative estimate of drug-likeness (QED) is 0.517. The summed E-state index contributed by atoms with van der Waals surface area (Å²) in [5.41, 5.74) is 1.83. The van der Waals surface area contributed by atoms with Crippen LogP contribution < -0.4 is 19.5 Å². The van der Waals surface area contributed by atoms with Gasteiger partial charge >= 0.3 is 0 Å². The van der Waals surface area contributed by atoms with Crippen LogP contribution in [-0.4, -0.2) is 28.0 Å². The Bertz CT molecular complexity index is 1180. The van der Waals surface area contributed by atoms with Crippen LogP contribution in [0.4, 0.5) is 11.4 Å². The average molecular weight is 461 g/mol. The van der Waals surface area contributed by atoms with Gasteiger partial charge in [0.2, 0.25) is 0 Å². The van der Waals surface area contributed by atoms with Crippen molar-refractivity contribution >= 4 is 38.9 Å². The predicted molar refractivity (Wildman–Crippen MR) is 121 cm³/mol. The van der Waals surface area contributed by atoms with Gasteiger partial charge in [0.15, 0.2) is 6.61 Å². The van der Waals surface area contributed by atoms with Gasteiger partial charge in [0, 0.05) is 5.69 Å². The summed E-state index contributed by atoms with van der Waals surface area (Å²) in [5.74, 6) is 0.472. The average Bonchev–Trinajstić information content (AvgIpc) is 2.74. The molecule has 162 valence electrons. The van der Waals surface area contributed by atoms with Crippen molar-refractivity contribution in [3.05, 3.63) is 77.3 Å². The number of anilines is 2. The van der Waals surface area contributed by atoms with Crippen molar-refractivity contribution in [3.63, 3.8) is 0 Å². The van der Waals surface area contributed by atoms with Crippen LogP contribution in [0, 0.1) is 6.92 Å². The number of hydrogen-bond donors (Lipinski definition) is 2. The van der Waals surface area contributed by atoms with Gasteiger partial charge in [0.25, 0.3) is 15.9 Å². The molecule has 0 heterocycles. The van der Waals surface area contributed by atoms with E-state index in [4.69, 9.17) is 21.1 Å². The van der Waals surface area contributed by atoms with Crippen LogP contribution in [0.25, 0.3) is 0 Å². The van der Waals surface area contributed by atoms with Crippen molar-refractivity contribution in [2.24, 2.45) is 0 Å². The third kappa shape index (κ3) is 5.90. The van der Waals surface area contributed by atoms with Gasteiger partial charge < -0.3 is 14.8 Å². The fourth-order valence-corrected chi connectivity index (χ4v) is 4.08. The van der Waals surface area contributed by atoms with E-state index >= 15 is 0 Å². The molecule has 0 unspecified atom stereocenters. The highest BCUT2D eigenvalue weighted by Gasteiger charge is 2.15. The number of halogens is 1. The molecule has 31 heavy (non-hydrogen) atoms. The SMILES string of the molecule is COc1ccc(NC(=O)COc2ccc(S(=O)(=O)Nc3ccccc3C)cc2)cc1Cl. The largest absolute Gasteiger partial charge is 0.495 e.